The summed E-state index contributed by atoms with van der Waals surface area (Å²) in [5, 5.41) is 16.9. The lowest BCUT2D eigenvalue weighted by atomic mass is 10.1. The third kappa shape index (κ3) is 2.17. The minimum absolute atomic E-state index is 0.728. The Kier molecular flexibility index (Phi) is 2.94. The van der Waals surface area contributed by atoms with Gasteiger partial charge in [0, 0.05) is 24.0 Å². The number of ether oxygens (including phenoxy) is 1. The first-order valence-corrected chi connectivity index (χ1v) is 7.24. The highest BCUT2D eigenvalue weighted by Gasteiger charge is 2.13. The average molecular weight is 308 g/mol. The zero-order valence-electron chi connectivity index (χ0n) is 13.1. The maximum absolute atomic E-state index is 5.31. The van der Waals surface area contributed by atoms with Gasteiger partial charge in [0.15, 0.2) is 5.82 Å². The second-order valence-corrected chi connectivity index (χ2v) is 5.43. The number of hydrogen-bond acceptors (Lipinski definition) is 5. The molecule has 0 saturated carbocycles. The van der Waals surface area contributed by atoms with E-state index in [1.165, 1.54) is 0 Å². The molecule has 7 heteroatoms. The topological polar surface area (TPSA) is 80.6 Å². The number of aryl methyl sites for hydroxylation is 2. The first-order valence-electron chi connectivity index (χ1n) is 7.24. The van der Waals surface area contributed by atoms with Gasteiger partial charge in [0.2, 0.25) is 0 Å². The molecule has 0 amide bonds. The number of fused-ring (bicyclic) bond motifs is 3. The van der Waals surface area contributed by atoms with Crippen molar-refractivity contribution in [2.75, 3.05) is 12.4 Å². The van der Waals surface area contributed by atoms with E-state index in [9.17, 15) is 0 Å². The number of nitrogens with one attached hydrogen (secondary N) is 2. The van der Waals surface area contributed by atoms with Crippen molar-refractivity contribution < 1.29 is 4.74 Å². The molecule has 0 radical (unpaired) electrons. The number of anilines is 2. The first kappa shape index (κ1) is 13.6. The van der Waals surface area contributed by atoms with Gasteiger partial charge in [-0.25, -0.2) is 4.98 Å². The van der Waals surface area contributed by atoms with Crippen LogP contribution in [0.25, 0.3) is 21.8 Å². The van der Waals surface area contributed by atoms with E-state index in [0.717, 1.165) is 44.8 Å². The van der Waals surface area contributed by atoms with Gasteiger partial charge in [0.05, 0.1) is 30.2 Å². The van der Waals surface area contributed by atoms with Gasteiger partial charge in [-0.2, -0.15) is 10.2 Å². The molecule has 3 aromatic heterocycles. The van der Waals surface area contributed by atoms with Crippen molar-refractivity contribution in [2.24, 2.45) is 7.05 Å². The lowest BCUT2D eigenvalue weighted by Gasteiger charge is -2.09. The normalized spacial score (nSPS) is 11.3. The maximum atomic E-state index is 5.31. The molecule has 0 aliphatic carbocycles. The third-order valence-corrected chi connectivity index (χ3v) is 3.87. The van der Waals surface area contributed by atoms with Crippen LogP contribution in [0.15, 0.2) is 30.6 Å². The summed E-state index contributed by atoms with van der Waals surface area (Å²) in [6.45, 7) is 1.96. The Labute approximate surface area is 132 Å². The predicted octanol–water partition coefficient (Wildman–Crippen LogP) is 2.91. The zero-order chi connectivity index (χ0) is 16.0. The molecule has 4 rings (SSSR count). The quantitative estimate of drug-likeness (QED) is 0.608. The molecule has 23 heavy (non-hydrogen) atoms. The molecule has 0 spiro atoms. The van der Waals surface area contributed by atoms with Gasteiger partial charge in [-0.05, 0) is 25.1 Å². The Morgan fingerprint density at radius 2 is 2.13 bits per heavy atom. The lowest BCUT2D eigenvalue weighted by molar-refractivity contribution is 0.415. The van der Waals surface area contributed by atoms with E-state index in [1.807, 2.05) is 38.4 Å². The molecule has 0 atom stereocenters. The van der Waals surface area contributed by atoms with E-state index in [0.29, 0.717) is 0 Å². The average Bonchev–Trinajstić information content (AvgIpc) is 3.14. The minimum atomic E-state index is 0.728. The fraction of sp³-hybridized carbons (Fsp3) is 0.188. The van der Waals surface area contributed by atoms with Crippen LogP contribution in [0.2, 0.25) is 0 Å². The fourth-order valence-electron chi connectivity index (χ4n) is 2.74. The van der Waals surface area contributed by atoms with Gasteiger partial charge in [-0.15, -0.1) is 0 Å². The van der Waals surface area contributed by atoms with Crippen LogP contribution in [0, 0.1) is 6.92 Å². The predicted molar refractivity (Wildman–Crippen MR) is 89.2 cm³/mol. The second kappa shape index (κ2) is 4.98. The summed E-state index contributed by atoms with van der Waals surface area (Å²) >= 11 is 0. The SMILES string of the molecule is COc1ccc2nc(Nc3cn(C)nc3C)c3[nH]ncc3c2c1. The molecular weight excluding hydrogens is 292 g/mol. The molecule has 3 heterocycles. The number of aromatic amines is 1. The van der Waals surface area contributed by atoms with Crippen molar-refractivity contribution >= 4 is 33.3 Å². The third-order valence-electron chi connectivity index (χ3n) is 3.87. The highest BCUT2D eigenvalue weighted by atomic mass is 16.5. The van der Waals surface area contributed by atoms with E-state index in [-0.39, 0.29) is 0 Å². The van der Waals surface area contributed by atoms with Gasteiger partial charge in [0.1, 0.15) is 11.3 Å². The van der Waals surface area contributed by atoms with Crippen LogP contribution in [0.4, 0.5) is 11.5 Å². The Morgan fingerprint density at radius 3 is 2.87 bits per heavy atom. The summed E-state index contributed by atoms with van der Waals surface area (Å²) in [5.74, 6) is 1.52. The van der Waals surface area contributed by atoms with E-state index in [1.54, 1.807) is 18.0 Å². The van der Waals surface area contributed by atoms with Crippen molar-refractivity contribution in [2.45, 2.75) is 6.92 Å². The van der Waals surface area contributed by atoms with Crippen LogP contribution in [-0.2, 0) is 7.05 Å². The van der Waals surface area contributed by atoms with Crippen molar-refractivity contribution in [1.82, 2.24) is 25.0 Å². The van der Waals surface area contributed by atoms with Gasteiger partial charge in [-0.3, -0.25) is 9.78 Å². The number of methoxy groups -OCH3 is 1. The molecule has 0 aliphatic heterocycles. The van der Waals surface area contributed by atoms with Gasteiger partial charge in [-0.1, -0.05) is 0 Å². The number of aromatic nitrogens is 5. The summed E-state index contributed by atoms with van der Waals surface area (Å²) < 4.78 is 7.08. The first-order chi connectivity index (χ1) is 11.2. The summed E-state index contributed by atoms with van der Waals surface area (Å²) in [7, 11) is 3.55. The number of rotatable bonds is 3. The summed E-state index contributed by atoms with van der Waals surface area (Å²) in [5.41, 5.74) is 3.57. The minimum Gasteiger partial charge on any atom is -0.497 e. The van der Waals surface area contributed by atoms with Gasteiger partial charge >= 0.3 is 0 Å². The summed E-state index contributed by atoms with van der Waals surface area (Å²) in [6, 6.07) is 5.82. The maximum Gasteiger partial charge on any atom is 0.157 e. The smallest absolute Gasteiger partial charge is 0.157 e. The summed E-state index contributed by atoms with van der Waals surface area (Å²) in [6.07, 6.45) is 3.73. The van der Waals surface area contributed by atoms with Crippen molar-refractivity contribution in [3.8, 4) is 5.75 Å². The van der Waals surface area contributed by atoms with Gasteiger partial charge in [0.25, 0.3) is 0 Å². The molecule has 0 fully saturated rings. The molecule has 0 bridgehead atoms. The van der Waals surface area contributed by atoms with Crippen LogP contribution < -0.4 is 10.1 Å². The molecule has 2 N–H and O–H groups in total. The molecule has 116 valence electrons. The molecule has 4 aromatic rings. The fourth-order valence-corrected chi connectivity index (χ4v) is 2.74. The Balaban J connectivity index is 1.92. The number of nitrogens with zero attached hydrogens (tertiary/aromatic N) is 4. The Hall–Kier alpha value is -3.09. The number of H-pyrrole nitrogens is 1. The van der Waals surface area contributed by atoms with Crippen molar-refractivity contribution in [1.29, 1.82) is 0 Å². The molecule has 7 nitrogen and oxygen atoms in total. The van der Waals surface area contributed by atoms with Crippen LogP contribution in [-0.4, -0.2) is 32.1 Å². The lowest BCUT2D eigenvalue weighted by Crippen LogP contribution is -1.96. The Bertz CT molecular complexity index is 1020. The number of pyridine rings is 1. The van der Waals surface area contributed by atoms with Crippen molar-refractivity contribution in [3.05, 3.63) is 36.3 Å². The van der Waals surface area contributed by atoms with Crippen LogP contribution in [0.5, 0.6) is 5.75 Å². The molecule has 0 saturated heterocycles. The largest absolute Gasteiger partial charge is 0.497 e. The van der Waals surface area contributed by atoms with E-state index in [2.05, 4.69) is 20.6 Å². The van der Waals surface area contributed by atoms with Gasteiger partial charge < -0.3 is 10.1 Å². The molecule has 1 aromatic carbocycles. The second-order valence-electron chi connectivity index (χ2n) is 5.43. The van der Waals surface area contributed by atoms with Crippen molar-refractivity contribution in [3.63, 3.8) is 0 Å². The number of benzene rings is 1. The molecular formula is C16H16N6O. The Morgan fingerprint density at radius 1 is 1.26 bits per heavy atom. The highest BCUT2D eigenvalue weighted by molar-refractivity contribution is 6.09. The summed E-state index contributed by atoms with van der Waals surface area (Å²) in [4.78, 5) is 4.72. The zero-order valence-corrected chi connectivity index (χ0v) is 13.1. The highest BCUT2D eigenvalue weighted by Crippen LogP contribution is 2.31. The number of hydrogen-bond donors (Lipinski definition) is 2. The monoisotopic (exact) mass is 308 g/mol. The van der Waals surface area contributed by atoms with E-state index < -0.39 is 0 Å². The standard InChI is InChI=1S/C16H16N6O/c1-9-14(8-22(2)21-9)19-16-15-12(7-17-20-15)11-6-10(23-3)4-5-13(11)18-16/h4-8H,1-3H3,(H,17,20)(H,18,19). The van der Waals surface area contributed by atoms with Crippen LogP contribution in [0.3, 0.4) is 0 Å². The van der Waals surface area contributed by atoms with Crippen LogP contribution >= 0.6 is 0 Å². The van der Waals surface area contributed by atoms with Crippen LogP contribution in [0.1, 0.15) is 5.69 Å². The van der Waals surface area contributed by atoms with E-state index in [4.69, 9.17) is 9.72 Å². The molecule has 0 unspecified atom stereocenters. The van der Waals surface area contributed by atoms with E-state index >= 15 is 0 Å². The molecule has 0 aliphatic rings.